The Morgan fingerprint density at radius 1 is 1.13 bits per heavy atom. The first-order valence-corrected chi connectivity index (χ1v) is 7.79. The number of benzene rings is 2. The number of rotatable bonds is 3. The fraction of sp³-hybridized carbons (Fsp3) is 0.125. The molecule has 23 heavy (non-hydrogen) atoms. The number of nitrogens with zero attached hydrogens (tertiary/aromatic N) is 3. The normalized spacial score (nSPS) is 11.2. The van der Waals surface area contributed by atoms with Crippen molar-refractivity contribution >= 4 is 39.8 Å². The van der Waals surface area contributed by atoms with E-state index in [1.165, 1.54) is 11.7 Å². The number of hydrogen-bond acceptors (Lipinski definition) is 6. The van der Waals surface area contributed by atoms with Gasteiger partial charge < -0.3 is 9.73 Å². The monoisotopic (exact) mass is 324 g/mol. The van der Waals surface area contributed by atoms with E-state index in [2.05, 4.69) is 19.0 Å². The lowest BCUT2D eigenvalue weighted by Crippen LogP contribution is -2.22. The average Bonchev–Trinajstić information content (AvgIpc) is 3.16. The molecular formula is C16H12N4O2S. The number of amides is 1. The molecule has 4 aromatic rings. The Morgan fingerprint density at radius 3 is 2.87 bits per heavy atom. The van der Waals surface area contributed by atoms with E-state index in [0.29, 0.717) is 23.6 Å². The van der Waals surface area contributed by atoms with E-state index < -0.39 is 0 Å². The van der Waals surface area contributed by atoms with Crippen LogP contribution in [0.3, 0.4) is 0 Å². The average molecular weight is 324 g/mol. The smallest absolute Gasteiger partial charge is 0.251 e. The Balaban J connectivity index is 1.51. The van der Waals surface area contributed by atoms with E-state index in [-0.39, 0.29) is 5.91 Å². The largest absolute Gasteiger partial charge is 0.441 e. The fourth-order valence-corrected chi connectivity index (χ4v) is 2.92. The molecule has 0 saturated heterocycles. The van der Waals surface area contributed by atoms with Gasteiger partial charge in [0.2, 0.25) is 0 Å². The highest BCUT2D eigenvalue weighted by molar-refractivity contribution is 7.00. The van der Waals surface area contributed by atoms with Gasteiger partial charge in [-0.3, -0.25) is 4.79 Å². The third-order valence-corrected chi connectivity index (χ3v) is 4.09. The summed E-state index contributed by atoms with van der Waals surface area (Å²) in [6.07, 6.45) is 0. The Labute approximate surface area is 135 Å². The number of carbonyl (C=O) groups is 1. The van der Waals surface area contributed by atoms with Crippen LogP contribution in [-0.2, 0) is 6.54 Å². The quantitative estimate of drug-likeness (QED) is 0.626. The van der Waals surface area contributed by atoms with Crippen LogP contribution in [0, 0.1) is 6.92 Å². The van der Waals surface area contributed by atoms with Crippen LogP contribution in [0.15, 0.2) is 40.8 Å². The van der Waals surface area contributed by atoms with Gasteiger partial charge in [0.25, 0.3) is 5.91 Å². The van der Waals surface area contributed by atoms with Gasteiger partial charge in [0.1, 0.15) is 16.6 Å². The van der Waals surface area contributed by atoms with Crippen molar-refractivity contribution in [3.8, 4) is 0 Å². The lowest BCUT2D eigenvalue weighted by Gasteiger charge is -2.05. The van der Waals surface area contributed by atoms with Gasteiger partial charge in [-0.2, -0.15) is 8.75 Å². The Kier molecular flexibility index (Phi) is 3.27. The van der Waals surface area contributed by atoms with Gasteiger partial charge >= 0.3 is 0 Å². The van der Waals surface area contributed by atoms with Crippen molar-refractivity contribution in [3.63, 3.8) is 0 Å². The predicted octanol–water partition coefficient (Wildman–Crippen LogP) is 3.07. The van der Waals surface area contributed by atoms with E-state index in [9.17, 15) is 4.79 Å². The van der Waals surface area contributed by atoms with Gasteiger partial charge in [-0.05, 0) is 35.9 Å². The van der Waals surface area contributed by atoms with Gasteiger partial charge in [0, 0.05) is 19.0 Å². The molecule has 0 spiro atoms. The van der Waals surface area contributed by atoms with E-state index in [4.69, 9.17) is 4.42 Å². The maximum absolute atomic E-state index is 12.3. The molecule has 1 N–H and O–H groups in total. The first kappa shape index (κ1) is 13.8. The molecule has 2 aromatic carbocycles. The Morgan fingerprint density at radius 2 is 1.96 bits per heavy atom. The Hall–Kier alpha value is -2.80. The Bertz CT molecular complexity index is 1020. The van der Waals surface area contributed by atoms with Crippen LogP contribution in [0.5, 0.6) is 0 Å². The molecule has 2 heterocycles. The molecule has 0 atom stereocenters. The third kappa shape index (κ3) is 2.66. The molecule has 114 valence electrons. The topological polar surface area (TPSA) is 80.9 Å². The van der Waals surface area contributed by atoms with Gasteiger partial charge in [-0.25, -0.2) is 4.98 Å². The van der Waals surface area contributed by atoms with Crippen molar-refractivity contribution in [2.75, 3.05) is 0 Å². The molecule has 0 fully saturated rings. The molecule has 0 saturated carbocycles. The van der Waals surface area contributed by atoms with Crippen LogP contribution in [0.1, 0.15) is 21.8 Å². The van der Waals surface area contributed by atoms with Crippen LogP contribution in [0.4, 0.5) is 0 Å². The van der Waals surface area contributed by atoms with Crippen LogP contribution >= 0.6 is 11.7 Å². The lowest BCUT2D eigenvalue weighted by atomic mass is 10.1. The van der Waals surface area contributed by atoms with Crippen LogP contribution < -0.4 is 5.32 Å². The van der Waals surface area contributed by atoms with Crippen LogP contribution in [-0.4, -0.2) is 19.6 Å². The highest BCUT2D eigenvalue weighted by Gasteiger charge is 2.09. The number of aromatic nitrogens is 3. The second kappa shape index (κ2) is 5.44. The minimum Gasteiger partial charge on any atom is -0.441 e. The van der Waals surface area contributed by atoms with Crippen molar-refractivity contribution in [3.05, 3.63) is 53.4 Å². The molecule has 0 aliphatic rings. The van der Waals surface area contributed by atoms with Gasteiger partial charge in [-0.15, -0.1) is 0 Å². The van der Waals surface area contributed by atoms with Crippen molar-refractivity contribution in [2.24, 2.45) is 0 Å². The summed E-state index contributed by atoms with van der Waals surface area (Å²) in [6.45, 7) is 2.21. The van der Waals surface area contributed by atoms with Gasteiger partial charge in [0.15, 0.2) is 11.5 Å². The van der Waals surface area contributed by atoms with Crippen LogP contribution in [0.2, 0.25) is 0 Å². The summed E-state index contributed by atoms with van der Waals surface area (Å²) in [7, 11) is 0. The summed E-state index contributed by atoms with van der Waals surface area (Å²) in [6, 6.07) is 11.0. The molecule has 0 bridgehead atoms. The first-order valence-electron chi connectivity index (χ1n) is 7.06. The number of carbonyl (C=O) groups excluding carboxylic acids is 1. The van der Waals surface area contributed by atoms with E-state index in [1.54, 1.807) is 25.1 Å². The lowest BCUT2D eigenvalue weighted by molar-refractivity contribution is 0.0951. The van der Waals surface area contributed by atoms with E-state index >= 15 is 0 Å². The van der Waals surface area contributed by atoms with Gasteiger partial charge in [-0.1, -0.05) is 6.07 Å². The second-order valence-electron chi connectivity index (χ2n) is 5.19. The summed E-state index contributed by atoms with van der Waals surface area (Å²) in [5, 5.41) is 2.90. The number of nitrogens with one attached hydrogen (secondary N) is 1. The molecule has 0 aliphatic heterocycles. The maximum atomic E-state index is 12.3. The summed E-state index contributed by atoms with van der Waals surface area (Å²) < 4.78 is 13.8. The summed E-state index contributed by atoms with van der Waals surface area (Å²) in [5.74, 6) is 0.431. The van der Waals surface area contributed by atoms with Crippen molar-refractivity contribution in [1.29, 1.82) is 0 Å². The highest BCUT2D eigenvalue weighted by Crippen LogP contribution is 2.17. The molecular weight excluding hydrogens is 312 g/mol. The van der Waals surface area contributed by atoms with Crippen molar-refractivity contribution in [1.82, 2.24) is 19.0 Å². The zero-order valence-electron chi connectivity index (χ0n) is 12.2. The molecule has 1 amide bonds. The summed E-state index contributed by atoms with van der Waals surface area (Å²) >= 11 is 1.18. The SMILES string of the molecule is Cc1nc2ccc(C(=O)NCc3ccc4nsnc4c3)cc2o1. The molecule has 0 unspecified atom stereocenters. The highest BCUT2D eigenvalue weighted by atomic mass is 32.1. The fourth-order valence-electron chi connectivity index (χ4n) is 2.40. The zero-order valence-corrected chi connectivity index (χ0v) is 13.1. The number of hydrogen-bond donors (Lipinski definition) is 1. The second-order valence-corrected chi connectivity index (χ2v) is 5.71. The predicted molar refractivity (Wildman–Crippen MR) is 87.3 cm³/mol. The van der Waals surface area contributed by atoms with Crippen LogP contribution in [0.25, 0.3) is 22.1 Å². The van der Waals surface area contributed by atoms with E-state index in [0.717, 1.165) is 22.1 Å². The van der Waals surface area contributed by atoms with Gasteiger partial charge in [0.05, 0.1) is 11.7 Å². The third-order valence-electron chi connectivity index (χ3n) is 3.53. The first-order chi connectivity index (χ1) is 11.2. The summed E-state index contributed by atoms with van der Waals surface area (Å²) in [5.41, 5.74) is 4.61. The number of aryl methyl sites for hydroxylation is 1. The van der Waals surface area contributed by atoms with Crippen molar-refractivity contribution < 1.29 is 9.21 Å². The molecule has 4 rings (SSSR count). The molecule has 6 nitrogen and oxygen atoms in total. The standard InChI is InChI=1S/C16H12N4O2S/c1-9-18-13-5-3-11(7-15(13)22-9)16(21)17-8-10-2-4-12-14(6-10)20-23-19-12/h2-7H,8H2,1H3,(H,17,21). The summed E-state index contributed by atoms with van der Waals surface area (Å²) in [4.78, 5) is 16.5. The number of fused-ring (bicyclic) bond motifs is 2. The zero-order chi connectivity index (χ0) is 15.8. The minimum absolute atomic E-state index is 0.155. The molecule has 2 aromatic heterocycles. The molecule has 0 aliphatic carbocycles. The minimum atomic E-state index is -0.155. The number of oxazole rings is 1. The van der Waals surface area contributed by atoms with Crippen molar-refractivity contribution in [2.45, 2.75) is 13.5 Å². The van der Waals surface area contributed by atoms with E-state index in [1.807, 2.05) is 18.2 Å². The molecule has 7 heteroatoms. The maximum Gasteiger partial charge on any atom is 0.251 e. The molecule has 0 radical (unpaired) electrons.